The Bertz CT molecular complexity index is 1110. The molecule has 0 fully saturated rings. The second kappa shape index (κ2) is 6.96. The average Bonchev–Trinajstić information content (AvgIpc) is 2.65. The molecule has 1 heterocycles. The van der Waals surface area contributed by atoms with Gasteiger partial charge in [-0.1, -0.05) is 18.2 Å². The number of fused-ring (bicyclic) bond motifs is 1. The number of nitriles is 1. The van der Waals surface area contributed by atoms with E-state index in [0.717, 1.165) is 16.5 Å². The number of urea groups is 1. The molecule has 136 valence electrons. The summed E-state index contributed by atoms with van der Waals surface area (Å²) in [5.41, 5.74) is 2.14. The molecule has 0 saturated carbocycles. The Morgan fingerprint density at radius 1 is 1.00 bits per heavy atom. The number of carbonyl (C=O) groups excluding carboxylic acids is 1. The first kappa shape index (κ1) is 18.2. The summed E-state index contributed by atoms with van der Waals surface area (Å²) in [7, 11) is 1.69. The molecule has 1 aromatic heterocycles. The summed E-state index contributed by atoms with van der Waals surface area (Å²) in [5, 5.41) is 15.6. The van der Waals surface area contributed by atoms with Crippen molar-refractivity contribution in [3.8, 4) is 6.07 Å². The van der Waals surface area contributed by atoms with E-state index in [9.17, 15) is 14.9 Å². The van der Waals surface area contributed by atoms with Crippen molar-refractivity contribution in [2.75, 3.05) is 10.6 Å². The molecule has 27 heavy (non-hydrogen) atoms. The van der Waals surface area contributed by atoms with Crippen molar-refractivity contribution in [3.05, 3.63) is 70.5 Å². The molecule has 3 rings (SSSR count). The minimum atomic E-state index is -0.582. The van der Waals surface area contributed by atoms with E-state index in [0.29, 0.717) is 11.4 Å². The molecule has 3 aromatic rings. The molecule has 6 nitrogen and oxygen atoms in total. The van der Waals surface area contributed by atoms with E-state index in [1.807, 2.05) is 32.0 Å². The molecule has 0 aliphatic heterocycles. The van der Waals surface area contributed by atoms with E-state index in [-0.39, 0.29) is 11.6 Å². The second-order valence-corrected chi connectivity index (χ2v) is 6.90. The van der Waals surface area contributed by atoms with Crippen molar-refractivity contribution in [1.29, 1.82) is 5.26 Å². The first-order chi connectivity index (χ1) is 12.8. The van der Waals surface area contributed by atoms with E-state index in [2.05, 4.69) is 16.7 Å². The summed E-state index contributed by atoms with van der Waals surface area (Å²) in [5.74, 6) is 0. The van der Waals surface area contributed by atoms with Gasteiger partial charge in [-0.05, 0) is 55.1 Å². The Morgan fingerprint density at radius 2 is 1.59 bits per heavy atom. The third-order valence-electron chi connectivity index (χ3n) is 4.53. The van der Waals surface area contributed by atoms with E-state index >= 15 is 0 Å². The Kier molecular flexibility index (Phi) is 4.70. The highest BCUT2D eigenvalue weighted by Crippen LogP contribution is 2.24. The van der Waals surface area contributed by atoms with E-state index in [1.165, 1.54) is 10.6 Å². The predicted molar refractivity (Wildman–Crippen MR) is 107 cm³/mol. The van der Waals surface area contributed by atoms with Crippen LogP contribution in [0.25, 0.3) is 10.9 Å². The maximum Gasteiger partial charge on any atom is 0.323 e. The summed E-state index contributed by atoms with van der Waals surface area (Å²) in [6.45, 7) is 3.68. The van der Waals surface area contributed by atoms with Crippen molar-refractivity contribution in [2.45, 2.75) is 19.3 Å². The van der Waals surface area contributed by atoms with Crippen LogP contribution in [0.15, 0.2) is 59.4 Å². The fourth-order valence-corrected chi connectivity index (χ4v) is 2.77. The van der Waals surface area contributed by atoms with E-state index < -0.39 is 5.41 Å². The van der Waals surface area contributed by atoms with Gasteiger partial charge in [0, 0.05) is 24.5 Å². The van der Waals surface area contributed by atoms with Gasteiger partial charge in [0.05, 0.1) is 17.0 Å². The van der Waals surface area contributed by atoms with Gasteiger partial charge in [0.1, 0.15) is 0 Å². The largest absolute Gasteiger partial charge is 0.323 e. The molecule has 0 spiro atoms. The third kappa shape index (κ3) is 3.82. The lowest BCUT2D eigenvalue weighted by molar-refractivity contribution is 0.262. The Morgan fingerprint density at radius 3 is 2.26 bits per heavy atom. The number of pyridine rings is 1. The Labute approximate surface area is 157 Å². The molecule has 6 heteroatoms. The van der Waals surface area contributed by atoms with Crippen LogP contribution >= 0.6 is 0 Å². The van der Waals surface area contributed by atoms with Gasteiger partial charge in [-0.25, -0.2) is 4.79 Å². The molecule has 0 saturated heterocycles. The van der Waals surface area contributed by atoms with Crippen LogP contribution in [0, 0.1) is 11.3 Å². The van der Waals surface area contributed by atoms with Gasteiger partial charge in [0.25, 0.3) is 5.56 Å². The van der Waals surface area contributed by atoms with Gasteiger partial charge in [0.15, 0.2) is 0 Å². The first-order valence-corrected chi connectivity index (χ1v) is 8.50. The molecule has 0 bridgehead atoms. The molecule has 2 amide bonds. The molecule has 0 radical (unpaired) electrons. The molecule has 2 N–H and O–H groups in total. The van der Waals surface area contributed by atoms with Crippen LogP contribution in [0.4, 0.5) is 16.2 Å². The lowest BCUT2D eigenvalue weighted by Gasteiger charge is -2.16. The number of nitrogens with one attached hydrogen (secondary N) is 2. The van der Waals surface area contributed by atoms with Crippen molar-refractivity contribution in [3.63, 3.8) is 0 Å². The Hall–Kier alpha value is -3.59. The van der Waals surface area contributed by atoms with Crippen LogP contribution < -0.4 is 16.2 Å². The van der Waals surface area contributed by atoms with Crippen LogP contribution in [-0.4, -0.2) is 10.6 Å². The monoisotopic (exact) mass is 360 g/mol. The van der Waals surface area contributed by atoms with Gasteiger partial charge in [-0.2, -0.15) is 5.26 Å². The van der Waals surface area contributed by atoms with Gasteiger partial charge < -0.3 is 15.2 Å². The highest BCUT2D eigenvalue weighted by Gasteiger charge is 2.19. The number of carbonyl (C=O) groups is 1. The normalized spacial score (nSPS) is 11.0. The van der Waals surface area contributed by atoms with Crippen molar-refractivity contribution in [2.24, 2.45) is 7.05 Å². The number of hydrogen-bond acceptors (Lipinski definition) is 3. The van der Waals surface area contributed by atoms with Crippen molar-refractivity contribution >= 4 is 28.3 Å². The minimum Gasteiger partial charge on any atom is -0.311 e. The van der Waals surface area contributed by atoms with Gasteiger partial charge in [0.2, 0.25) is 0 Å². The summed E-state index contributed by atoms with van der Waals surface area (Å²) in [6, 6.07) is 17.7. The quantitative estimate of drug-likeness (QED) is 0.740. The molecule has 0 aliphatic rings. The fourth-order valence-electron chi connectivity index (χ4n) is 2.77. The van der Waals surface area contributed by atoms with Gasteiger partial charge in [-0.15, -0.1) is 0 Å². The molecular weight excluding hydrogens is 340 g/mol. The molecule has 0 unspecified atom stereocenters. The van der Waals surface area contributed by atoms with Crippen molar-refractivity contribution in [1.82, 2.24) is 4.57 Å². The van der Waals surface area contributed by atoms with Crippen LogP contribution in [-0.2, 0) is 12.5 Å². The lowest BCUT2D eigenvalue weighted by atomic mass is 9.86. The van der Waals surface area contributed by atoms with Crippen molar-refractivity contribution < 1.29 is 4.79 Å². The molecular formula is C21H20N4O2. The molecule has 0 aliphatic carbocycles. The molecule has 2 aromatic carbocycles. The standard InChI is InChI=1S/C21H20N4O2/c1-21(2,13-22)15-6-9-16(10-7-15)23-20(27)24-17-8-4-14-5-11-19(26)25(3)18(14)12-17/h4-12H,1-3H3,(H2,23,24,27). The highest BCUT2D eigenvalue weighted by atomic mass is 16.2. The SMILES string of the molecule is Cn1c(=O)ccc2ccc(NC(=O)Nc3ccc(C(C)(C)C#N)cc3)cc21. The first-order valence-electron chi connectivity index (χ1n) is 8.50. The number of benzene rings is 2. The third-order valence-corrected chi connectivity index (χ3v) is 4.53. The zero-order chi connectivity index (χ0) is 19.6. The summed E-state index contributed by atoms with van der Waals surface area (Å²) in [6.07, 6.45) is 0. The number of aryl methyl sites for hydroxylation is 1. The van der Waals surface area contributed by atoms with Crippen LogP contribution in [0.5, 0.6) is 0 Å². The van der Waals surface area contributed by atoms with Gasteiger partial charge >= 0.3 is 6.03 Å². The van der Waals surface area contributed by atoms with Crippen LogP contribution in [0.2, 0.25) is 0 Å². The molecule has 0 atom stereocenters. The smallest absolute Gasteiger partial charge is 0.311 e. The summed E-state index contributed by atoms with van der Waals surface area (Å²) >= 11 is 0. The maximum atomic E-state index is 12.3. The number of anilines is 2. The van der Waals surface area contributed by atoms with E-state index in [4.69, 9.17) is 0 Å². The predicted octanol–water partition coefficient (Wildman–Crippen LogP) is 3.98. The summed E-state index contributed by atoms with van der Waals surface area (Å²) < 4.78 is 1.54. The van der Waals surface area contributed by atoms with Crippen LogP contribution in [0.1, 0.15) is 19.4 Å². The average molecular weight is 360 g/mol. The minimum absolute atomic E-state index is 0.107. The number of aromatic nitrogens is 1. The van der Waals surface area contributed by atoms with E-state index in [1.54, 1.807) is 37.4 Å². The number of rotatable bonds is 3. The van der Waals surface area contributed by atoms with Crippen LogP contribution in [0.3, 0.4) is 0 Å². The highest BCUT2D eigenvalue weighted by molar-refractivity contribution is 6.00. The number of amides is 2. The summed E-state index contributed by atoms with van der Waals surface area (Å²) in [4.78, 5) is 24.0. The number of hydrogen-bond donors (Lipinski definition) is 2. The maximum absolute atomic E-state index is 12.3. The number of nitrogens with zero attached hydrogens (tertiary/aromatic N) is 2. The van der Waals surface area contributed by atoms with Gasteiger partial charge in [-0.3, -0.25) is 4.79 Å². The zero-order valence-electron chi connectivity index (χ0n) is 15.4. The second-order valence-electron chi connectivity index (χ2n) is 6.90. The topological polar surface area (TPSA) is 86.9 Å². The fraction of sp³-hybridized carbons (Fsp3) is 0.190. The Balaban J connectivity index is 1.74. The lowest BCUT2D eigenvalue weighted by Crippen LogP contribution is -2.20. The zero-order valence-corrected chi connectivity index (χ0v) is 15.4.